The molecule has 2 heterocycles. The average molecular weight is 302 g/mol. The molecule has 1 aliphatic rings. The minimum Gasteiger partial charge on any atom is -0.383 e. The Bertz CT molecular complexity index is 595. The first-order chi connectivity index (χ1) is 9.12. The number of nitrogens with two attached hydrogens (primary N) is 1. The minimum atomic E-state index is -3.44. The Morgan fingerprint density at radius 2 is 1.80 bits per heavy atom. The second-order valence-corrected chi connectivity index (χ2v) is 7.94. The van der Waals surface area contributed by atoms with Gasteiger partial charge in [-0.3, -0.25) is 0 Å². The maximum Gasteiger partial charge on any atom is 0.182 e. The number of hydrogen-bond acceptors (Lipinski definition) is 6. The van der Waals surface area contributed by atoms with Crippen LogP contribution in [0.4, 0.5) is 11.6 Å². The van der Waals surface area contributed by atoms with Gasteiger partial charge in [-0.05, 0) is 20.8 Å². The van der Waals surface area contributed by atoms with E-state index in [1.165, 1.54) is 0 Å². The second-order valence-electron chi connectivity index (χ2n) is 5.99. The third kappa shape index (κ3) is 2.76. The van der Waals surface area contributed by atoms with Crippen LogP contribution in [0.25, 0.3) is 0 Å². The maximum atomic E-state index is 12.1. The first kappa shape index (κ1) is 15.1. The zero-order valence-corrected chi connectivity index (χ0v) is 13.2. The molecule has 0 saturated carbocycles. The lowest BCUT2D eigenvalue weighted by atomic mass is 10.1. The highest BCUT2D eigenvalue weighted by Crippen LogP contribution is 2.33. The number of nitrogen functional groups attached to an aromatic ring is 1. The molecule has 2 rings (SSSR count). The highest BCUT2D eigenvalue weighted by Gasteiger charge is 2.31. The molecule has 1 aromatic heterocycles. The summed E-state index contributed by atoms with van der Waals surface area (Å²) in [6.45, 7) is 8.16. The van der Waals surface area contributed by atoms with Crippen molar-refractivity contribution < 1.29 is 13.2 Å². The van der Waals surface area contributed by atoms with Crippen LogP contribution in [0, 0.1) is 0 Å². The first-order valence-electron chi connectivity index (χ1n) is 6.54. The normalized spacial score (nSPS) is 17.5. The van der Waals surface area contributed by atoms with E-state index in [9.17, 15) is 8.42 Å². The number of nitrogens with zero attached hydrogens (tertiary/aromatic N) is 3. The Balaban J connectivity index is 2.60. The van der Waals surface area contributed by atoms with Crippen LogP contribution in [0.5, 0.6) is 0 Å². The SMILES string of the molecule is CC(C)(C)n1nc(N2CCOCC2)c(S(C)(=O)=O)c1N. The first-order valence-corrected chi connectivity index (χ1v) is 8.43. The van der Waals surface area contributed by atoms with Gasteiger partial charge < -0.3 is 15.4 Å². The largest absolute Gasteiger partial charge is 0.383 e. The highest BCUT2D eigenvalue weighted by molar-refractivity contribution is 7.91. The third-order valence-electron chi connectivity index (χ3n) is 3.18. The average Bonchev–Trinajstić information content (AvgIpc) is 2.67. The highest BCUT2D eigenvalue weighted by atomic mass is 32.2. The van der Waals surface area contributed by atoms with Gasteiger partial charge in [0.2, 0.25) is 0 Å². The Kier molecular flexibility index (Phi) is 3.72. The number of aromatic nitrogens is 2. The summed E-state index contributed by atoms with van der Waals surface area (Å²) in [5.74, 6) is 0.629. The maximum absolute atomic E-state index is 12.1. The molecular weight excluding hydrogens is 280 g/mol. The molecule has 0 radical (unpaired) electrons. The fraction of sp³-hybridized carbons (Fsp3) is 0.750. The Labute approximate surface area is 119 Å². The van der Waals surface area contributed by atoms with Gasteiger partial charge in [-0.1, -0.05) is 0 Å². The van der Waals surface area contributed by atoms with E-state index in [1.807, 2.05) is 25.7 Å². The van der Waals surface area contributed by atoms with E-state index in [0.717, 1.165) is 6.26 Å². The summed E-state index contributed by atoms with van der Waals surface area (Å²) in [6.07, 6.45) is 1.16. The van der Waals surface area contributed by atoms with Gasteiger partial charge in [0.25, 0.3) is 0 Å². The van der Waals surface area contributed by atoms with Crippen LogP contribution in [0.15, 0.2) is 4.90 Å². The Hall–Kier alpha value is -1.28. The number of sulfone groups is 1. The van der Waals surface area contributed by atoms with E-state index in [4.69, 9.17) is 10.5 Å². The molecule has 0 atom stereocenters. The molecule has 8 heteroatoms. The summed E-state index contributed by atoms with van der Waals surface area (Å²) in [6, 6.07) is 0. The van der Waals surface area contributed by atoms with Crippen LogP contribution in [0.3, 0.4) is 0 Å². The molecule has 1 aromatic rings. The zero-order chi connectivity index (χ0) is 15.1. The smallest absolute Gasteiger partial charge is 0.182 e. The van der Waals surface area contributed by atoms with Crippen LogP contribution < -0.4 is 10.6 Å². The van der Waals surface area contributed by atoms with Crippen molar-refractivity contribution in [3.05, 3.63) is 0 Å². The summed E-state index contributed by atoms with van der Waals surface area (Å²) in [5.41, 5.74) is 5.67. The summed E-state index contributed by atoms with van der Waals surface area (Å²) in [5, 5.41) is 4.45. The van der Waals surface area contributed by atoms with Crippen molar-refractivity contribution in [3.63, 3.8) is 0 Å². The molecule has 20 heavy (non-hydrogen) atoms. The van der Waals surface area contributed by atoms with Crippen molar-refractivity contribution >= 4 is 21.5 Å². The molecular formula is C12H22N4O3S. The zero-order valence-electron chi connectivity index (χ0n) is 12.4. The molecule has 0 unspecified atom stereocenters. The fourth-order valence-electron chi connectivity index (χ4n) is 2.25. The van der Waals surface area contributed by atoms with Gasteiger partial charge in [0.15, 0.2) is 20.6 Å². The molecule has 0 amide bonds. The quantitative estimate of drug-likeness (QED) is 0.853. The molecule has 0 aromatic carbocycles. The molecule has 2 N–H and O–H groups in total. The van der Waals surface area contributed by atoms with E-state index in [-0.39, 0.29) is 16.3 Å². The molecule has 1 saturated heterocycles. The second kappa shape index (κ2) is 4.92. The van der Waals surface area contributed by atoms with Crippen LogP contribution >= 0.6 is 0 Å². The molecule has 0 spiro atoms. The third-order valence-corrected chi connectivity index (χ3v) is 4.31. The van der Waals surface area contributed by atoms with E-state index in [1.54, 1.807) is 4.68 Å². The van der Waals surface area contributed by atoms with Crippen molar-refractivity contribution in [2.24, 2.45) is 0 Å². The number of rotatable bonds is 2. The summed E-state index contributed by atoms with van der Waals surface area (Å²) < 4.78 is 31.0. The molecule has 7 nitrogen and oxygen atoms in total. The van der Waals surface area contributed by atoms with E-state index in [0.29, 0.717) is 32.1 Å². The summed E-state index contributed by atoms with van der Waals surface area (Å²) >= 11 is 0. The number of anilines is 2. The lowest BCUT2D eigenvalue weighted by Crippen LogP contribution is -2.37. The Morgan fingerprint density at radius 3 is 2.25 bits per heavy atom. The molecule has 1 fully saturated rings. The molecule has 114 valence electrons. The van der Waals surface area contributed by atoms with Crippen LogP contribution in [-0.2, 0) is 20.1 Å². The standard InChI is InChI=1S/C12H22N4O3S/c1-12(2,3)16-10(13)9(20(4,17)18)11(14-16)15-5-7-19-8-6-15/h5-8,13H2,1-4H3. The summed E-state index contributed by atoms with van der Waals surface area (Å²) in [4.78, 5) is 2.03. The van der Waals surface area contributed by atoms with Gasteiger partial charge in [-0.2, -0.15) is 5.10 Å². The fourth-order valence-corrected chi connectivity index (χ4v) is 3.22. The number of morpholine rings is 1. The predicted molar refractivity (Wildman–Crippen MR) is 77.8 cm³/mol. The molecule has 0 bridgehead atoms. The van der Waals surface area contributed by atoms with Crippen molar-refractivity contribution in [1.82, 2.24) is 9.78 Å². The van der Waals surface area contributed by atoms with Gasteiger partial charge in [0.05, 0.1) is 18.8 Å². The number of ether oxygens (including phenoxy) is 1. The minimum absolute atomic E-state index is 0.120. The van der Waals surface area contributed by atoms with E-state index < -0.39 is 9.84 Å². The van der Waals surface area contributed by atoms with Crippen LogP contribution in [0.1, 0.15) is 20.8 Å². The topological polar surface area (TPSA) is 90.5 Å². The molecule has 0 aliphatic carbocycles. The van der Waals surface area contributed by atoms with Crippen molar-refractivity contribution in [2.75, 3.05) is 43.2 Å². The summed E-state index contributed by atoms with van der Waals surface area (Å²) in [7, 11) is -3.44. The lowest BCUT2D eigenvalue weighted by molar-refractivity contribution is 0.122. The monoisotopic (exact) mass is 302 g/mol. The van der Waals surface area contributed by atoms with E-state index in [2.05, 4.69) is 5.10 Å². The Morgan fingerprint density at radius 1 is 1.25 bits per heavy atom. The van der Waals surface area contributed by atoms with Crippen molar-refractivity contribution in [1.29, 1.82) is 0 Å². The van der Waals surface area contributed by atoms with E-state index >= 15 is 0 Å². The van der Waals surface area contributed by atoms with Gasteiger partial charge in [-0.25, -0.2) is 13.1 Å². The van der Waals surface area contributed by atoms with Gasteiger partial charge >= 0.3 is 0 Å². The van der Waals surface area contributed by atoms with Gasteiger partial charge in [0, 0.05) is 19.3 Å². The lowest BCUT2D eigenvalue weighted by Gasteiger charge is -2.27. The predicted octanol–water partition coefficient (Wildman–Crippen LogP) is 0.460. The van der Waals surface area contributed by atoms with Crippen molar-refractivity contribution in [2.45, 2.75) is 31.2 Å². The number of hydrogen-bond donors (Lipinski definition) is 1. The van der Waals surface area contributed by atoms with Crippen molar-refractivity contribution in [3.8, 4) is 0 Å². The van der Waals surface area contributed by atoms with Crippen LogP contribution in [0.2, 0.25) is 0 Å². The van der Waals surface area contributed by atoms with Crippen LogP contribution in [-0.4, -0.2) is 50.8 Å². The van der Waals surface area contributed by atoms with Gasteiger partial charge in [0.1, 0.15) is 5.82 Å². The molecule has 1 aliphatic heterocycles. The van der Waals surface area contributed by atoms with Gasteiger partial charge in [-0.15, -0.1) is 0 Å².